The Balaban J connectivity index is 3.86. The normalized spacial score (nSPS) is 9.38. The molecular weight excluding hydrogens is 170 g/mol. The summed E-state index contributed by atoms with van der Waals surface area (Å²) in [6.07, 6.45) is 1.85. The first-order valence-electron chi connectivity index (χ1n) is 4.59. The van der Waals surface area contributed by atoms with E-state index < -0.39 is 0 Å². The molecule has 0 N–H and O–H groups in total. The highest BCUT2D eigenvalue weighted by molar-refractivity contribution is 5.78. The Bertz CT molecular complexity index is 153. The van der Waals surface area contributed by atoms with Crippen LogP contribution >= 0.6 is 0 Å². The Kier molecular flexibility index (Phi) is 6.96. The minimum absolute atomic E-state index is 0.115. The number of amides is 1. The standard InChI is InChI=1S/C9H17NO3/c1-3-5-10(6-4-2)9(12)7-13-8-11/h8H,3-7H2,1-2H3. The van der Waals surface area contributed by atoms with E-state index in [9.17, 15) is 9.59 Å². The maximum Gasteiger partial charge on any atom is 0.293 e. The smallest absolute Gasteiger partial charge is 0.293 e. The van der Waals surface area contributed by atoms with E-state index in [1.807, 2.05) is 13.8 Å². The van der Waals surface area contributed by atoms with Crippen molar-refractivity contribution in [1.29, 1.82) is 0 Å². The molecule has 76 valence electrons. The number of hydrogen-bond acceptors (Lipinski definition) is 3. The quantitative estimate of drug-likeness (QED) is 0.554. The molecular formula is C9H17NO3. The molecule has 0 aliphatic carbocycles. The molecule has 0 aromatic rings. The molecule has 1 amide bonds. The van der Waals surface area contributed by atoms with Crippen LogP contribution in [0.15, 0.2) is 0 Å². The summed E-state index contributed by atoms with van der Waals surface area (Å²) >= 11 is 0. The van der Waals surface area contributed by atoms with Gasteiger partial charge in [-0.2, -0.15) is 0 Å². The van der Waals surface area contributed by atoms with Crippen molar-refractivity contribution in [2.45, 2.75) is 26.7 Å². The molecule has 0 saturated carbocycles. The summed E-state index contributed by atoms with van der Waals surface area (Å²) in [5, 5.41) is 0. The van der Waals surface area contributed by atoms with Gasteiger partial charge in [0.15, 0.2) is 6.61 Å². The Morgan fingerprint density at radius 2 is 1.85 bits per heavy atom. The van der Waals surface area contributed by atoms with Gasteiger partial charge in [-0.1, -0.05) is 13.8 Å². The van der Waals surface area contributed by atoms with Crippen molar-refractivity contribution < 1.29 is 14.3 Å². The van der Waals surface area contributed by atoms with Crippen molar-refractivity contribution in [3.8, 4) is 0 Å². The lowest BCUT2D eigenvalue weighted by Gasteiger charge is -2.20. The van der Waals surface area contributed by atoms with Gasteiger partial charge >= 0.3 is 0 Å². The van der Waals surface area contributed by atoms with Gasteiger partial charge in [0.25, 0.3) is 12.4 Å². The zero-order chi connectivity index (χ0) is 10.1. The average Bonchev–Trinajstić information content (AvgIpc) is 2.14. The molecule has 0 spiro atoms. The summed E-state index contributed by atoms with van der Waals surface area (Å²) in [5.41, 5.74) is 0. The molecule has 13 heavy (non-hydrogen) atoms. The average molecular weight is 187 g/mol. The van der Waals surface area contributed by atoms with Crippen LogP contribution in [0.2, 0.25) is 0 Å². The molecule has 0 aromatic heterocycles. The molecule has 0 bridgehead atoms. The second kappa shape index (κ2) is 7.58. The van der Waals surface area contributed by atoms with E-state index in [2.05, 4.69) is 4.74 Å². The molecule has 0 aliphatic rings. The minimum atomic E-state index is -0.135. The van der Waals surface area contributed by atoms with Crippen molar-refractivity contribution in [3.05, 3.63) is 0 Å². The molecule has 0 rings (SSSR count). The summed E-state index contributed by atoms with van der Waals surface area (Å²) in [7, 11) is 0. The van der Waals surface area contributed by atoms with Crippen LogP contribution in [-0.2, 0) is 14.3 Å². The van der Waals surface area contributed by atoms with Crippen molar-refractivity contribution in [3.63, 3.8) is 0 Å². The van der Waals surface area contributed by atoms with Gasteiger partial charge in [0.1, 0.15) is 0 Å². The van der Waals surface area contributed by atoms with Crippen LogP contribution in [0.4, 0.5) is 0 Å². The lowest BCUT2D eigenvalue weighted by molar-refractivity contribution is -0.143. The first-order chi connectivity index (χ1) is 6.26. The zero-order valence-corrected chi connectivity index (χ0v) is 8.28. The summed E-state index contributed by atoms with van der Waals surface area (Å²) in [4.78, 5) is 22.9. The number of rotatable bonds is 7. The van der Waals surface area contributed by atoms with E-state index in [0.29, 0.717) is 6.47 Å². The Hall–Kier alpha value is -1.06. The van der Waals surface area contributed by atoms with Crippen molar-refractivity contribution >= 4 is 12.4 Å². The van der Waals surface area contributed by atoms with E-state index in [-0.39, 0.29) is 12.5 Å². The fraction of sp³-hybridized carbons (Fsp3) is 0.778. The topological polar surface area (TPSA) is 46.6 Å². The van der Waals surface area contributed by atoms with Gasteiger partial charge in [-0.25, -0.2) is 0 Å². The number of carbonyl (C=O) groups excluding carboxylic acids is 2. The monoisotopic (exact) mass is 187 g/mol. The minimum Gasteiger partial charge on any atom is -0.458 e. The summed E-state index contributed by atoms with van der Waals surface area (Å²) in [5.74, 6) is -0.115. The highest BCUT2D eigenvalue weighted by Gasteiger charge is 2.11. The van der Waals surface area contributed by atoms with E-state index >= 15 is 0 Å². The second-order valence-corrected chi connectivity index (χ2v) is 2.79. The predicted octanol–water partition coefficient (Wildman–Crippen LogP) is 0.808. The molecule has 0 fully saturated rings. The third-order valence-corrected chi connectivity index (χ3v) is 1.61. The Morgan fingerprint density at radius 3 is 2.23 bits per heavy atom. The lowest BCUT2D eigenvalue weighted by Crippen LogP contribution is -2.35. The van der Waals surface area contributed by atoms with Gasteiger partial charge in [0.05, 0.1) is 0 Å². The maximum absolute atomic E-state index is 11.3. The van der Waals surface area contributed by atoms with E-state index in [0.717, 1.165) is 25.9 Å². The van der Waals surface area contributed by atoms with Crippen molar-refractivity contribution in [1.82, 2.24) is 4.90 Å². The molecule has 4 heteroatoms. The van der Waals surface area contributed by atoms with Gasteiger partial charge in [-0.15, -0.1) is 0 Å². The van der Waals surface area contributed by atoms with Crippen molar-refractivity contribution in [2.75, 3.05) is 19.7 Å². The maximum atomic E-state index is 11.3. The van der Waals surface area contributed by atoms with Crippen LogP contribution < -0.4 is 0 Å². The predicted molar refractivity (Wildman–Crippen MR) is 49.2 cm³/mol. The Labute approximate surface area is 78.9 Å². The van der Waals surface area contributed by atoms with Crippen molar-refractivity contribution in [2.24, 2.45) is 0 Å². The van der Waals surface area contributed by atoms with Crippen LogP contribution in [0, 0.1) is 0 Å². The summed E-state index contributed by atoms with van der Waals surface area (Å²) < 4.78 is 4.40. The van der Waals surface area contributed by atoms with Gasteiger partial charge in [-0.05, 0) is 12.8 Å². The van der Waals surface area contributed by atoms with Gasteiger partial charge in [0, 0.05) is 13.1 Å². The summed E-state index contributed by atoms with van der Waals surface area (Å²) in [6, 6.07) is 0. The largest absolute Gasteiger partial charge is 0.458 e. The van der Waals surface area contributed by atoms with Crippen LogP contribution in [0.25, 0.3) is 0 Å². The number of hydrogen-bond donors (Lipinski definition) is 0. The highest BCUT2D eigenvalue weighted by Crippen LogP contribution is 1.95. The molecule has 0 saturated heterocycles. The molecule has 0 radical (unpaired) electrons. The van der Waals surface area contributed by atoms with Crippen LogP contribution in [0.3, 0.4) is 0 Å². The zero-order valence-electron chi connectivity index (χ0n) is 8.28. The van der Waals surface area contributed by atoms with E-state index in [4.69, 9.17) is 0 Å². The Morgan fingerprint density at radius 1 is 1.31 bits per heavy atom. The molecule has 0 aliphatic heterocycles. The van der Waals surface area contributed by atoms with E-state index in [1.54, 1.807) is 4.90 Å². The lowest BCUT2D eigenvalue weighted by atomic mass is 10.3. The fourth-order valence-corrected chi connectivity index (χ4v) is 1.10. The van der Waals surface area contributed by atoms with Crippen LogP contribution in [-0.4, -0.2) is 37.0 Å². The summed E-state index contributed by atoms with van der Waals surface area (Å²) in [6.45, 7) is 5.65. The first kappa shape index (κ1) is 11.9. The molecule has 0 heterocycles. The highest BCUT2D eigenvalue weighted by atomic mass is 16.5. The first-order valence-corrected chi connectivity index (χ1v) is 4.59. The van der Waals surface area contributed by atoms with Crippen LogP contribution in [0.5, 0.6) is 0 Å². The SMILES string of the molecule is CCCN(CCC)C(=O)COC=O. The molecule has 4 nitrogen and oxygen atoms in total. The number of ether oxygens (including phenoxy) is 1. The molecule has 0 atom stereocenters. The second-order valence-electron chi connectivity index (χ2n) is 2.79. The third kappa shape index (κ3) is 5.22. The third-order valence-electron chi connectivity index (χ3n) is 1.61. The fourth-order valence-electron chi connectivity index (χ4n) is 1.10. The number of nitrogens with zero attached hydrogens (tertiary/aromatic N) is 1. The van der Waals surface area contributed by atoms with Crippen LogP contribution in [0.1, 0.15) is 26.7 Å². The van der Waals surface area contributed by atoms with Gasteiger partial charge in [-0.3, -0.25) is 9.59 Å². The molecule has 0 aromatic carbocycles. The van der Waals surface area contributed by atoms with E-state index in [1.165, 1.54) is 0 Å². The number of carbonyl (C=O) groups is 2. The van der Waals surface area contributed by atoms with Gasteiger partial charge in [0.2, 0.25) is 0 Å². The molecule has 0 unspecified atom stereocenters. The van der Waals surface area contributed by atoms with Gasteiger partial charge < -0.3 is 9.64 Å².